The Morgan fingerprint density at radius 3 is 2.50 bits per heavy atom. The number of para-hydroxylation sites is 2. The van der Waals surface area contributed by atoms with Crippen LogP contribution in [0.5, 0.6) is 17.2 Å². The molecule has 2 aliphatic heterocycles. The van der Waals surface area contributed by atoms with Crippen LogP contribution < -0.4 is 24.8 Å². The molecular formula is C19H18N2O5. The van der Waals surface area contributed by atoms with Crippen molar-refractivity contribution < 1.29 is 23.8 Å². The molecule has 2 N–H and O–H groups in total. The second-order valence-electron chi connectivity index (χ2n) is 6.26. The highest BCUT2D eigenvalue weighted by Gasteiger charge is 2.34. The molecule has 0 saturated carbocycles. The zero-order valence-electron chi connectivity index (χ0n) is 14.3. The highest BCUT2D eigenvalue weighted by atomic mass is 16.6. The van der Waals surface area contributed by atoms with Crippen molar-refractivity contribution in [2.24, 2.45) is 0 Å². The number of rotatable bonds is 2. The predicted molar refractivity (Wildman–Crippen MR) is 94.7 cm³/mol. The summed E-state index contributed by atoms with van der Waals surface area (Å²) in [6, 6.07) is 12.3. The first-order chi connectivity index (χ1) is 12.5. The largest absolute Gasteiger partial charge is 0.482 e. The van der Waals surface area contributed by atoms with Gasteiger partial charge in [0.25, 0.3) is 11.8 Å². The van der Waals surface area contributed by atoms with Gasteiger partial charge in [0.05, 0.1) is 5.69 Å². The van der Waals surface area contributed by atoms with Gasteiger partial charge in [0.2, 0.25) is 6.10 Å². The van der Waals surface area contributed by atoms with E-state index in [0.29, 0.717) is 28.6 Å². The van der Waals surface area contributed by atoms with Crippen molar-refractivity contribution in [1.82, 2.24) is 0 Å². The SMILES string of the molecule is C[C@@H]1Oc2ccc(NC(=O)[C@H]3Oc4ccccc4O[C@@H]3C)cc2NC1=O. The Kier molecular flexibility index (Phi) is 3.91. The topological polar surface area (TPSA) is 85.9 Å². The van der Waals surface area contributed by atoms with Gasteiger partial charge in [0.15, 0.2) is 17.6 Å². The summed E-state index contributed by atoms with van der Waals surface area (Å²) in [4.78, 5) is 24.4. The predicted octanol–water partition coefficient (Wildman–Crippen LogP) is 2.57. The maximum atomic E-state index is 12.6. The fourth-order valence-corrected chi connectivity index (χ4v) is 2.91. The quantitative estimate of drug-likeness (QED) is 0.866. The number of amides is 2. The van der Waals surface area contributed by atoms with Gasteiger partial charge in [0.1, 0.15) is 11.9 Å². The summed E-state index contributed by atoms with van der Waals surface area (Å²) in [5.41, 5.74) is 1.05. The van der Waals surface area contributed by atoms with E-state index in [9.17, 15) is 9.59 Å². The summed E-state index contributed by atoms with van der Waals surface area (Å²) in [5.74, 6) is 1.16. The average molecular weight is 354 g/mol. The molecule has 7 heteroatoms. The Hall–Kier alpha value is -3.22. The average Bonchev–Trinajstić information content (AvgIpc) is 2.62. The minimum atomic E-state index is -0.785. The smallest absolute Gasteiger partial charge is 0.269 e. The van der Waals surface area contributed by atoms with Gasteiger partial charge in [-0.15, -0.1) is 0 Å². The number of carbonyl (C=O) groups excluding carboxylic acids is 2. The fourth-order valence-electron chi connectivity index (χ4n) is 2.91. The number of benzene rings is 2. The van der Waals surface area contributed by atoms with Crippen LogP contribution in [0.25, 0.3) is 0 Å². The van der Waals surface area contributed by atoms with Crippen LogP contribution in [0.2, 0.25) is 0 Å². The summed E-state index contributed by atoms with van der Waals surface area (Å²) in [6.07, 6.45) is -1.77. The molecule has 7 nitrogen and oxygen atoms in total. The molecule has 0 saturated heterocycles. The van der Waals surface area contributed by atoms with Gasteiger partial charge in [-0.3, -0.25) is 9.59 Å². The molecule has 0 fully saturated rings. The van der Waals surface area contributed by atoms with Crippen molar-refractivity contribution in [3.05, 3.63) is 42.5 Å². The molecule has 0 spiro atoms. The van der Waals surface area contributed by atoms with Crippen molar-refractivity contribution in [1.29, 1.82) is 0 Å². The molecule has 2 heterocycles. The van der Waals surface area contributed by atoms with Gasteiger partial charge in [-0.05, 0) is 44.2 Å². The number of hydrogen-bond acceptors (Lipinski definition) is 5. The standard InChI is InChI=1S/C19H18N2O5/c1-10-17(26-16-6-4-3-5-15(16)24-10)19(23)20-12-7-8-14-13(9-12)21-18(22)11(2)25-14/h3-11,17H,1-2H3,(H,20,23)(H,21,22)/t10-,11+,17+/m1/s1. The Labute approximate surface area is 150 Å². The van der Waals surface area contributed by atoms with Gasteiger partial charge in [-0.2, -0.15) is 0 Å². The maximum absolute atomic E-state index is 12.6. The molecule has 4 rings (SSSR count). The number of nitrogens with one attached hydrogen (secondary N) is 2. The summed E-state index contributed by atoms with van der Waals surface area (Å²) in [5, 5.41) is 5.55. The van der Waals surface area contributed by atoms with Crippen molar-refractivity contribution in [2.45, 2.75) is 32.2 Å². The summed E-state index contributed by atoms with van der Waals surface area (Å²) >= 11 is 0. The molecule has 2 aromatic rings. The number of carbonyl (C=O) groups is 2. The van der Waals surface area contributed by atoms with Gasteiger partial charge in [-0.25, -0.2) is 0 Å². The van der Waals surface area contributed by atoms with Crippen LogP contribution in [0.15, 0.2) is 42.5 Å². The minimum absolute atomic E-state index is 0.227. The summed E-state index contributed by atoms with van der Waals surface area (Å²) in [7, 11) is 0. The zero-order chi connectivity index (χ0) is 18.3. The lowest BCUT2D eigenvalue weighted by Gasteiger charge is -2.31. The molecule has 2 amide bonds. The van der Waals surface area contributed by atoms with Crippen LogP contribution >= 0.6 is 0 Å². The van der Waals surface area contributed by atoms with Crippen LogP contribution in [-0.2, 0) is 9.59 Å². The van der Waals surface area contributed by atoms with Crippen LogP contribution in [0.1, 0.15) is 13.8 Å². The van der Waals surface area contributed by atoms with Crippen molar-refractivity contribution in [3.63, 3.8) is 0 Å². The van der Waals surface area contributed by atoms with Crippen molar-refractivity contribution in [3.8, 4) is 17.2 Å². The van der Waals surface area contributed by atoms with Gasteiger partial charge >= 0.3 is 0 Å². The monoisotopic (exact) mass is 354 g/mol. The molecule has 0 unspecified atom stereocenters. The van der Waals surface area contributed by atoms with Gasteiger partial charge < -0.3 is 24.8 Å². The number of anilines is 2. The molecule has 2 aromatic carbocycles. The molecule has 3 atom stereocenters. The maximum Gasteiger partial charge on any atom is 0.269 e. The highest BCUT2D eigenvalue weighted by molar-refractivity contribution is 6.00. The fraction of sp³-hybridized carbons (Fsp3) is 0.263. The number of fused-ring (bicyclic) bond motifs is 2. The summed E-state index contributed by atoms with van der Waals surface area (Å²) in [6.45, 7) is 3.45. The van der Waals surface area contributed by atoms with E-state index in [-0.39, 0.29) is 11.8 Å². The number of hydrogen-bond donors (Lipinski definition) is 2. The van der Waals surface area contributed by atoms with E-state index in [1.165, 1.54) is 0 Å². The Morgan fingerprint density at radius 1 is 1.00 bits per heavy atom. The second kappa shape index (κ2) is 6.25. The normalized spacial score (nSPS) is 23.3. The minimum Gasteiger partial charge on any atom is -0.482 e. The molecule has 26 heavy (non-hydrogen) atoms. The van der Waals surface area contributed by atoms with E-state index >= 15 is 0 Å². The Morgan fingerprint density at radius 2 is 1.73 bits per heavy atom. The first-order valence-corrected chi connectivity index (χ1v) is 8.36. The lowest BCUT2D eigenvalue weighted by Crippen LogP contribution is -2.46. The van der Waals surface area contributed by atoms with Crippen LogP contribution in [0.4, 0.5) is 11.4 Å². The van der Waals surface area contributed by atoms with Crippen LogP contribution in [0.3, 0.4) is 0 Å². The lowest BCUT2D eigenvalue weighted by molar-refractivity contribution is -0.128. The molecule has 0 bridgehead atoms. The third-order valence-corrected chi connectivity index (χ3v) is 4.28. The first kappa shape index (κ1) is 16.3. The van der Waals surface area contributed by atoms with Gasteiger partial charge in [0, 0.05) is 5.69 Å². The third-order valence-electron chi connectivity index (χ3n) is 4.28. The molecular weight excluding hydrogens is 336 g/mol. The van der Waals surface area contributed by atoms with E-state index in [1.54, 1.807) is 44.2 Å². The second-order valence-corrected chi connectivity index (χ2v) is 6.26. The third kappa shape index (κ3) is 2.92. The number of ether oxygens (including phenoxy) is 3. The van der Waals surface area contributed by atoms with E-state index in [4.69, 9.17) is 14.2 Å². The highest BCUT2D eigenvalue weighted by Crippen LogP contribution is 2.35. The van der Waals surface area contributed by atoms with Gasteiger partial charge in [-0.1, -0.05) is 12.1 Å². The van der Waals surface area contributed by atoms with E-state index in [0.717, 1.165) is 0 Å². The van der Waals surface area contributed by atoms with Crippen molar-refractivity contribution in [2.75, 3.05) is 10.6 Å². The molecule has 134 valence electrons. The molecule has 2 aliphatic rings. The zero-order valence-corrected chi connectivity index (χ0v) is 14.3. The Balaban J connectivity index is 1.50. The Bertz CT molecular complexity index is 882. The lowest BCUT2D eigenvalue weighted by atomic mass is 10.1. The van der Waals surface area contributed by atoms with Crippen molar-refractivity contribution >= 4 is 23.2 Å². The van der Waals surface area contributed by atoms with Crippen LogP contribution in [-0.4, -0.2) is 30.1 Å². The molecule has 0 aliphatic carbocycles. The van der Waals surface area contributed by atoms with E-state index in [2.05, 4.69) is 10.6 Å². The first-order valence-electron chi connectivity index (χ1n) is 8.36. The van der Waals surface area contributed by atoms with E-state index in [1.807, 2.05) is 12.1 Å². The summed E-state index contributed by atoms with van der Waals surface area (Å²) < 4.78 is 17.1. The van der Waals surface area contributed by atoms with Crippen LogP contribution in [0, 0.1) is 0 Å². The molecule has 0 aromatic heterocycles. The molecule has 0 radical (unpaired) electrons. The van der Waals surface area contributed by atoms with E-state index < -0.39 is 18.3 Å².